The maximum absolute atomic E-state index is 12.7. The second-order valence-electron chi connectivity index (χ2n) is 6.63. The molecule has 7 heteroatoms. The number of carbonyl (C=O) groups is 1. The summed E-state index contributed by atoms with van der Waals surface area (Å²) in [5.74, 6) is 1.45. The monoisotopic (exact) mass is 333 g/mol. The van der Waals surface area contributed by atoms with Gasteiger partial charge in [-0.1, -0.05) is 12.8 Å². The molecule has 1 aromatic heterocycles. The predicted octanol–water partition coefficient (Wildman–Crippen LogP) is 0.835. The molecule has 3 atom stereocenters. The number of aromatic nitrogens is 2. The van der Waals surface area contributed by atoms with Crippen molar-refractivity contribution >= 4 is 11.7 Å². The van der Waals surface area contributed by atoms with Crippen LogP contribution >= 0.6 is 0 Å². The van der Waals surface area contributed by atoms with Crippen molar-refractivity contribution in [1.29, 1.82) is 0 Å². The van der Waals surface area contributed by atoms with Gasteiger partial charge in [0.1, 0.15) is 18.2 Å². The third kappa shape index (κ3) is 3.52. The first kappa shape index (κ1) is 17.1. The number of nitrogens with one attached hydrogen (secondary N) is 1. The van der Waals surface area contributed by atoms with Gasteiger partial charge in [-0.3, -0.25) is 4.79 Å². The number of nitrogens with zero attached hydrogens (tertiary/aromatic N) is 3. The Morgan fingerprint density at radius 3 is 3.04 bits per heavy atom. The molecule has 1 aromatic rings. The predicted molar refractivity (Wildman–Crippen MR) is 91.4 cm³/mol. The molecule has 0 unspecified atom stereocenters. The molecule has 2 aliphatic rings. The van der Waals surface area contributed by atoms with Crippen LogP contribution in [0.15, 0.2) is 12.4 Å². The van der Waals surface area contributed by atoms with Crippen molar-refractivity contribution in [3.8, 4) is 0 Å². The molecule has 0 spiro atoms. The highest BCUT2D eigenvalue weighted by molar-refractivity contribution is 5.86. The number of rotatable bonds is 6. The molecule has 0 radical (unpaired) electrons. The van der Waals surface area contributed by atoms with E-state index >= 15 is 0 Å². The number of hydrogen-bond acceptors (Lipinski definition) is 6. The maximum atomic E-state index is 12.7. The van der Waals surface area contributed by atoms with Gasteiger partial charge in [0.15, 0.2) is 0 Å². The summed E-state index contributed by atoms with van der Waals surface area (Å²) >= 11 is 0. The van der Waals surface area contributed by atoms with Crippen molar-refractivity contribution in [2.45, 2.75) is 50.7 Å². The van der Waals surface area contributed by atoms with Gasteiger partial charge in [-0.05, 0) is 25.2 Å². The van der Waals surface area contributed by atoms with Crippen LogP contribution in [0.3, 0.4) is 0 Å². The lowest BCUT2D eigenvalue weighted by molar-refractivity contribution is -0.122. The molecule has 0 bridgehead atoms. The highest BCUT2D eigenvalue weighted by Crippen LogP contribution is 2.41. The van der Waals surface area contributed by atoms with Crippen LogP contribution in [0.25, 0.3) is 0 Å². The van der Waals surface area contributed by atoms with E-state index in [0.29, 0.717) is 31.7 Å². The first-order valence-corrected chi connectivity index (χ1v) is 8.80. The van der Waals surface area contributed by atoms with Crippen LogP contribution in [0.4, 0.5) is 5.82 Å². The summed E-state index contributed by atoms with van der Waals surface area (Å²) < 4.78 is 5.03. The molecule has 7 nitrogen and oxygen atoms in total. The van der Waals surface area contributed by atoms with E-state index in [2.05, 4.69) is 20.2 Å². The molecule has 3 N–H and O–H groups in total. The molecule has 3 rings (SSSR count). The topological polar surface area (TPSA) is 93.4 Å². The number of anilines is 1. The van der Waals surface area contributed by atoms with Crippen LogP contribution < -0.4 is 16.0 Å². The van der Waals surface area contributed by atoms with E-state index in [-0.39, 0.29) is 11.9 Å². The summed E-state index contributed by atoms with van der Waals surface area (Å²) in [4.78, 5) is 23.6. The van der Waals surface area contributed by atoms with Crippen LogP contribution in [0.2, 0.25) is 0 Å². The lowest BCUT2D eigenvalue weighted by Gasteiger charge is -2.34. The molecule has 132 valence electrons. The number of fused-ring (bicyclic) bond motifs is 1. The molecule has 1 saturated carbocycles. The zero-order chi connectivity index (χ0) is 16.9. The molecular weight excluding hydrogens is 306 g/mol. The number of nitrogens with two attached hydrogens (primary N) is 1. The Morgan fingerprint density at radius 2 is 2.25 bits per heavy atom. The molecular formula is C17H27N5O2. The van der Waals surface area contributed by atoms with Gasteiger partial charge in [-0.25, -0.2) is 9.97 Å². The van der Waals surface area contributed by atoms with Crippen LogP contribution in [0, 0.1) is 5.92 Å². The van der Waals surface area contributed by atoms with Gasteiger partial charge in [0, 0.05) is 32.3 Å². The van der Waals surface area contributed by atoms with Crippen molar-refractivity contribution < 1.29 is 9.53 Å². The highest BCUT2D eigenvalue weighted by atomic mass is 16.5. The Bertz CT molecular complexity index is 568. The minimum atomic E-state index is -0.171. The van der Waals surface area contributed by atoms with E-state index < -0.39 is 0 Å². The Balaban J connectivity index is 1.83. The summed E-state index contributed by atoms with van der Waals surface area (Å²) in [6.07, 6.45) is 7.22. The normalized spacial score (nSPS) is 26.2. The molecule has 24 heavy (non-hydrogen) atoms. The van der Waals surface area contributed by atoms with Gasteiger partial charge in [-0.15, -0.1) is 0 Å². The Kier molecular flexibility index (Phi) is 5.63. The van der Waals surface area contributed by atoms with Crippen molar-refractivity contribution in [2.75, 3.05) is 25.2 Å². The first-order chi connectivity index (χ1) is 11.7. The minimum Gasteiger partial charge on any atom is -0.383 e. The molecule has 2 fully saturated rings. The van der Waals surface area contributed by atoms with Crippen molar-refractivity contribution in [2.24, 2.45) is 11.7 Å². The summed E-state index contributed by atoms with van der Waals surface area (Å²) in [6, 6.07) is 2.14. The summed E-state index contributed by atoms with van der Waals surface area (Å²) in [6.45, 7) is 1.44. The highest BCUT2D eigenvalue weighted by Gasteiger charge is 2.45. The lowest BCUT2D eigenvalue weighted by atomic mass is 9.84. The smallest absolute Gasteiger partial charge is 0.242 e. The third-order valence-corrected chi connectivity index (χ3v) is 5.18. The largest absolute Gasteiger partial charge is 0.383 e. The SMILES string of the molecule is COCCNC(=O)[C@@H]1C[C@@H]2CCCC[C@@H]2N1c1cc(CN)ncn1. The van der Waals surface area contributed by atoms with Crippen molar-refractivity contribution in [1.82, 2.24) is 15.3 Å². The fourth-order valence-electron chi connectivity index (χ4n) is 4.06. The third-order valence-electron chi connectivity index (χ3n) is 5.18. The Hall–Kier alpha value is -1.73. The zero-order valence-corrected chi connectivity index (χ0v) is 14.3. The summed E-state index contributed by atoms with van der Waals surface area (Å²) in [5, 5.41) is 2.99. The first-order valence-electron chi connectivity index (χ1n) is 8.80. The maximum Gasteiger partial charge on any atom is 0.242 e. The van der Waals surface area contributed by atoms with E-state index in [1.807, 2.05) is 6.07 Å². The van der Waals surface area contributed by atoms with Gasteiger partial charge in [-0.2, -0.15) is 0 Å². The van der Waals surface area contributed by atoms with E-state index in [4.69, 9.17) is 10.5 Å². The molecule has 2 heterocycles. The minimum absolute atomic E-state index is 0.0642. The van der Waals surface area contributed by atoms with E-state index in [9.17, 15) is 4.79 Å². The number of methoxy groups -OCH3 is 1. The second kappa shape index (κ2) is 7.90. The molecule has 1 amide bonds. The zero-order valence-electron chi connectivity index (χ0n) is 14.3. The van der Waals surface area contributed by atoms with Gasteiger partial charge in [0.05, 0.1) is 12.3 Å². The second-order valence-corrected chi connectivity index (χ2v) is 6.63. The summed E-state index contributed by atoms with van der Waals surface area (Å²) in [7, 11) is 1.64. The van der Waals surface area contributed by atoms with E-state index in [1.165, 1.54) is 19.3 Å². The average molecular weight is 333 g/mol. The molecule has 0 aromatic carbocycles. The van der Waals surface area contributed by atoms with Crippen LogP contribution in [0.5, 0.6) is 0 Å². The number of amides is 1. The number of hydrogen-bond donors (Lipinski definition) is 2. The Labute approximate surface area is 143 Å². The average Bonchev–Trinajstić information content (AvgIpc) is 3.01. The number of ether oxygens (including phenoxy) is 1. The molecule has 1 aliphatic heterocycles. The van der Waals surface area contributed by atoms with E-state index in [1.54, 1.807) is 13.4 Å². The van der Waals surface area contributed by atoms with Crippen molar-refractivity contribution in [3.05, 3.63) is 18.1 Å². The van der Waals surface area contributed by atoms with Gasteiger partial charge in [0.2, 0.25) is 5.91 Å². The van der Waals surface area contributed by atoms with Crippen LogP contribution in [-0.2, 0) is 16.1 Å². The number of carbonyl (C=O) groups excluding carboxylic acids is 1. The lowest BCUT2D eigenvalue weighted by Crippen LogP contribution is -2.47. The molecule has 1 aliphatic carbocycles. The molecule has 1 saturated heterocycles. The van der Waals surface area contributed by atoms with Gasteiger partial charge >= 0.3 is 0 Å². The fourth-order valence-corrected chi connectivity index (χ4v) is 4.06. The quantitative estimate of drug-likeness (QED) is 0.749. The van der Waals surface area contributed by atoms with Crippen LogP contribution in [0.1, 0.15) is 37.8 Å². The van der Waals surface area contributed by atoms with Crippen LogP contribution in [-0.4, -0.2) is 48.2 Å². The van der Waals surface area contributed by atoms with Crippen molar-refractivity contribution in [3.63, 3.8) is 0 Å². The van der Waals surface area contributed by atoms with Gasteiger partial charge < -0.3 is 20.7 Å². The standard InChI is InChI=1S/C17H27N5O2/c1-24-7-6-19-17(23)15-8-12-4-2-3-5-14(12)22(15)16-9-13(10-18)20-11-21-16/h9,11-12,14-15H,2-8,10,18H2,1H3,(H,19,23)/t12-,14-,15-/m0/s1. The summed E-state index contributed by atoms with van der Waals surface area (Å²) in [5.41, 5.74) is 6.53. The Morgan fingerprint density at radius 1 is 1.42 bits per heavy atom. The van der Waals surface area contributed by atoms with Gasteiger partial charge in [0.25, 0.3) is 0 Å². The fraction of sp³-hybridized carbons (Fsp3) is 0.706. The van der Waals surface area contributed by atoms with E-state index in [0.717, 1.165) is 24.4 Å².